The monoisotopic (exact) mass is 404 g/mol. The Morgan fingerprint density at radius 3 is 2.59 bits per heavy atom. The third-order valence-electron chi connectivity index (χ3n) is 4.88. The summed E-state index contributed by atoms with van der Waals surface area (Å²) in [5.41, 5.74) is 2.46. The summed E-state index contributed by atoms with van der Waals surface area (Å²) in [4.78, 5) is 20.6. The number of methoxy groups -OCH3 is 1. The summed E-state index contributed by atoms with van der Waals surface area (Å²) < 4.78 is 5.37. The van der Waals surface area contributed by atoms with Crippen molar-refractivity contribution in [1.29, 1.82) is 0 Å². The second-order valence-electron chi connectivity index (χ2n) is 7.63. The Kier molecular flexibility index (Phi) is 8.82. The molecule has 7 heteroatoms. The van der Waals surface area contributed by atoms with E-state index >= 15 is 0 Å². The van der Waals surface area contributed by atoms with Crippen LogP contribution in [0.4, 0.5) is 0 Å². The molecule has 3 N–H and O–H groups in total. The molecule has 29 heavy (non-hydrogen) atoms. The molecule has 1 aromatic heterocycles. The Labute approximate surface area is 171 Å². The van der Waals surface area contributed by atoms with Crippen LogP contribution in [-0.4, -0.2) is 58.7 Å². The van der Waals surface area contributed by atoms with Crippen molar-refractivity contribution in [2.45, 2.75) is 58.3 Å². The van der Waals surface area contributed by atoms with E-state index < -0.39 is 18.3 Å². The van der Waals surface area contributed by atoms with Crippen molar-refractivity contribution in [3.05, 3.63) is 36.0 Å². The Bertz CT molecular complexity index is 812. The maximum atomic E-state index is 12.1. The van der Waals surface area contributed by atoms with E-state index in [4.69, 9.17) is 9.57 Å². The number of aryl methyl sites for hydroxylation is 1. The molecule has 0 bridgehead atoms. The van der Waals surface area contributed by atoms with E-state index in [1.165, 1.54) is 25.0 Å². The number of nitrogens with one attached hydrogen (secondary N) is 1. The van der Waals surface area contributed by atoms with Crippen molar-refractivity contribution in [3.63, 3.8) is 0 Å². The number of ether oxygens (including phenoxy) is 1. The molecule has 2 rings (SSSR count). The topological polar surface area (TPSA) is 104 Å². The Morgan fingerprint density at radius 1 is 1.21 bits per heavy atom. The molecule has 0 fully saturated rings. The van der Waals surface area contributed by atoms with E-state index in [0.29, 0.717) is 12.8 Å². The molecule has 3 atom stereocenters. The molecule has 2 aromatic rings. The molecular weight excluding hydrogens is 372 g/mol. The summed E-state index contributed by atoms with van der Waals surface area (Å²) in [6.07, 6.45) is 1.10. The van der Waals surface area contributed by atoms with Gasteiger partial charge in [0.1, 0.15) is 17.9 Å². The quantitative estimate of drug-likeness (QED) is 0.373. The first kappa shape index (κ1) is 23.1. The Morgan fingerprint density at radius 2 is 1.93 bits per heavy atom. The largest absolute Gasteiger partial charge is 0.390 e. The highest BCUT2D eigenvalue weighted by Gasteiger charge is 2.29. The van der Waals surface area contributed by atoms with Crippen LogP contribution in [0, 0.1) is 5.92 Å². The van der Waals surface area contributed by atoms with Gasteiger partial charge in [-0.2, -0.15) is 0 Å². The number of Topliss-reactive ketones (excluding diaryl/α,β-unsaturated/α-hetero) is 1. The number of fused-ring (bicyclic) bond motifs is 1. The first-order chi connectivity index (χ1) is 13.8. The molecule has 0 aliphatic carbocycles. The van der Waals surface area contributed by atoms with E-state index in [2.05, 4.69) is 16.2 Å². The average Bonchev–Trinajstić information content (AvgIpc) is 3.09. The molecule has 0 saturated carbocycles. The molecule has 0 amide bonds. The molecular formula is C22H32N2O5. The van der Waals surface area contributed by atoms with Gasteiger partial charge in [-0.05, 0) is 37.3 Å². The third-order valence-corrected chi connectivity index (χ3v) is 4.88. The second-order valence-corrected chi connectivity index (χ2v) is 7.63. The van der Waals surface area contributed by atoms with Gasteiger partial charge in [0, 0.05) is 30.6 Å². The van der Waals surface area contributed by atoms with E-state index in [0.717, 1.165) is 11.9 Å². The zero-order valence-electron chi connectivity index (χ0n) is 17.6. The van der Waals surface area contributed by atoms with E-state index in [9.17, 15) is 15.0 Å². The summed E-state index contributed by atoms with van der Waals surface area (Å²) in [5.74, 6) is -0.0550. The van der Waals surface area contributed by atoms with Gasteiger partial charge < -0.3 is 24.8 Å². The standard InChI is InChI=1S/C22H32N2O5/c1-14(2)22(28-4)20(21(27)15(3)25)24-29-13-17(26)9-7-8-16-12-23-19-11-6-5-10-18(16)19/h5-6,10-12,14-15,21-23,25,27H,7-9,13H2,1-4H3/b24-20+/t15-,21+,22+/m1/s1. The van der Waals surface area contributed by atoms with Crippen molar-refractivity contribution in [2.24, 2.45) is 11.1 Å². The van der Waals surface area contributed by atoms with Crippen molar-refractivity contribution in [2.75, 3.05) is 13.7 Å². The van der Waals surface area contributed by atoms with Gasteiger partial charge in [-0.25, -0.2) is 0 Å². The summed E-state index contributed by atoms with van der Waals surface area (Å²) in [6, 6.07) is 8.08. The Balaban J connectivity index is 1.87. The van der Waals surface area contributed by atoms with Gasteiger partial charge in [-0.3, -0.25) is 4.79 Å². The number of aliphatic hydroxyl groups excluding tert-OH is 2. The van der Waals surface area contributed by atoms with Gasteiger partial charge in [-0.1, -0.05) is 37.2 Å². The lowest BCUT2D eigenvalue weighted by Gasteiger charge is -2.25. The van der Waals surface area contributed by atoms with Gasteiger partial charge in [0.25, 0.3) is 0 Å². The number of rotatable bonds is 12. The summed E-state index contributed by atoms with van der Waals surface area (Å²) >= 11 is 0. The van der Waals surface area contributed by atoms with Crippen LogP contribution >= 0.6 is 0 Å². The van der Waals surface area contributed by atoms with Gasteiger partial charge >= 0.3 is 0 Å². The number of aromatic nitrogens is 1. The minimum Gasteiger partial charge on any atom is -0.390 e. The van der Waals surface area contributed by atoms with Gasteiger partial charge in [0.2, 0.25) is 0 Å². The number of carbonyl (C=O) groups is 1. The van der Waals surface area contributed by atoms with Gasteiger partial charge in [0.05, 0.1) is 6.10 Å². The van der Waals surface area contributed by atoms with Gasteiger partial charge in [0.15, 0.2) is 12.4 Å². The number of ketones is 1. The molecule has 0 radical (unpaired) electrons. The second kappa shape index (κ2) is 11.1. The lowest BCUT2D eigenvalue weighted by molar-refractivity contribution is -0.123. The minimum absolute atomic E-state index is 0.0163. The van der Waals surface area contributed by atoms with E-state index in [-0.39, 0.29) is 24.0 Å². The fourth-order valence-corrected chi connectivity index (χ4v) is 3.32. The number of aromatic amines is 1. The van der Waals surface area contributed by atoms with Crippen LogP contribution in [0.3, 0.4) is 0 Å². The van der Waals surface area contributed by atoms with Crippen LogP contribution in [0.1, 0.15) is 39.2 Å². The van der Waals surface area contributed by atoms with Crippen LogP contribution < -0.4 is 0 Å². The van der Waals surface area contributed by atoms with Crippen molar-refractivity contribution in [1.82, 2.24) is 4.98 Å². The summed E-state index contributed by atoms with van der Waals surface area (Å²) in [6.45, 7) is 5.10. The number of hydrogen-bond acceptors (Lipinski definition) is 6. The predicted molar refractivity (Wildman–Crippen MR) is 113 cm³/mol. The number of aliphatic hydroxyl groups is 2. The first-order valence-electron chi connectivity index (χ1n) is 10.0. The van der Waals surface area contributed by atoms with Crippen LogP contribution in [0.25, 0.3) is 10.9 Å². The van der Waals surface area contributed by atoms with Crippen LogP contribution in [0.2, 0.25) is 0 Å². The normalized spacial score (nSPS) is 15.5. The number of H-pyrrole nitrogens is 1. The molecule has 7 nitrogen and oxygen atoms in total. The zero-order valence-corrected chi connectivity index (χ0v) is 17.6. The smallest absolute Gasteiger partial charge is 0.175 e. The molecule has 1 aromatic carbocycles. The molecule has 0 unspecified atom stereocenters. The lowest BCUT2D eigenvalue weighted by Crippen LogP contribution is -2.42. The number of benzene rings is 1. The number of para-hydroxylation sites is 1. The maximum Gasteiger partial charge on any atom is 0.175 e. The highest BCUT2D eigenvalue weighted by molar-refractivity contribution is 5.93. The number of nitrogens with zero attached hydrogens (tertiary/aromatic N) is 1. The third kappa shape index (κ3) is 6.39. The van der Waals surface area contributed by atoms with Crippen LogP contribution in [0.15, 0.2) is 35.6 Å². The first-order valence-corrected chi connectivity index (χ1v) is 10.0. The molecule has 0 saturated heterocycles. The molecule has 0 spiro atoms. The summed E-state index contributed by atoms with van der Waals surface area (Å²) in [5, 5.41) is 25.0. The zero-order chi connectivity index (χ0) is 21.4. The number of oxime groups is 1. The molecule has 0 aliphatic heterocycles. The lowest BCUT2D eigenvalue weighted by atomic mass is 9.96. The van der Waals surface area contributed by atoms with Crippen LogP contribution in [-0.2, 0) is 20.8 Å². The molecule has 1 heterocycles. The highest BCUT2D eigenvalue weighted by Crippen LogP contribution is 2.19. The van der Waals surface area contributed by atoms with Crippen molar-refractivity contribution < 1.29 is 24.6 Å². The van der Waals surface area contributed by atoms with Crippen LogP contribution in [0.5, 0.6) is 0 Å². The minimum atomic E-state index is -1.22. The molecule has 160 valence electrons. The van der Waals surface area contributed by atoms with E-state index in [1.807, 2.05) is 38.2 Å². The average molecular weight is 405 g/mol. The SMILES string of the molecule is CO[C@H](/C(=N/OCC(=O)CCCc1c[nH]c2ccccc12)[C@@H](O)[C@@H](C)O)C(C)C. The summed E-state index contributed by atoms with van der Waals surface area (Å²) in [7, 11) is 1.50. The molecule has 0 aliphatic rings. The Hall–Kier alpha value is -2.22. The maximum absolute atomic E-state index is 12.1. The fraction of sp³-hybridized carbons (Fsp3) is 0.545. The highest BCUT2D eigenvalue weighted by atomic mass is 16.6. The number of carbonyl (C=O) groups excluding carboxylic acids is 1. The predicted octanol–water partition coefficient (Wildman–Crippen LogP) is 2.85. The van der Waals surface area contributed by atoms with Crippen molar-refractivity contribution in [3.8, 4) is 0 Å². The van der Waals surface area contributed by atoms with Gasteiger partial charge in [-0.15, -0.1) is 0 Å². The van der Waals surface area contributed by atoms with Crippen molar-refractivity contribution >= 4 is 22.4 Å². The van der Waals surface area contributed by atoms with E-state index in [1.54, 1.807) is 0 Å². The number of hydrogen-bond donors (Lipinski definition) is 3. The fourth-order valence-electron chi connectivity index (χ4n) is 3.32.